The zero-order valence-electron chi connectivity index (χ0n) is 14.4. The van der Waals surface area contributed by atoms with Gasteiger partial charge in [0.15, 0.2) is 0 Å². The van der Waals surface area contributed by atoms with Gasteiger partial charge in [-0.2, -0.15) is 13.2 Å². The third-order valence-corrected chi connectivity index (χ3v) is 5.35. The minimum Gasteiger partial charge on any atom is -0.361 e. The summed E-state index contributed by atoms with van der Waals surface area (Å²) in [6.45, 7) is -1.65. The number of benzene rings is 2. The molecule has 0 atom stereocenters. The molecule has 0 unspecified atom stereocenters. The molecule has 0 saturated carbocycles. The number of carbonyl (C=O) groups excluding carboxylic acids is 1. The molecule has 0 saturated heterocycles. The molecule has 10 heteroatoms. The summed E-state index contributed by atoms with van der Waals surface area (Å²) in [5.74, 6) is -0.310. The molecule has 1 aromatic heterocycles. The molecular formula is C18H16F3N3O3S. The lowest BCUT2D eigenvalue weighted by Crippen LogP contribution is -2.33. The third kappa shape index (κ3) is 4.90. The molecule has 3 N–H and O–H groups in total. The fourth-order valence-electron chi connectivity index (χ4n) is 2.63. The molecule has 0 spiro atoms. The van der Waals surface area contributed by atoms with Gasteiger partial charge in [-0.3, -0.25) is 4.79 Å². The van der Waals surface area contributed by atoms with Gasteiger partial charge in [-0.25, -0.2) is 13.1 Å². The Morgan fingerprint density at radius 1 is 1.04 bits per heavy atom. The van der Waals surface area contributed by atoms with Gasteiger partial charge in [-0.1, -0.05) is 18.2 Å². The lowest BCUT2D eigenvalue weighted by Gasteiger charge is -2.10. The number of hydrogen-bond donors (Lipinski definition) is 3. The predicted octanol–water partition coefficient (Wildman–Crippen LogP) is 3.19. The summed E-state index contributed by atoms with van der Waals surface area (Å²) in [7, 11) is -4.29. The van der Waals surface area contributed by atoms with E-state index >= 15 is 0 Å². The van der Waals surface area contributed by atoms with Gasteiger partial charge < -0.3 is 10.3 Å². The maximum absolute atomic E-state index is 12.2. The van der Waals surface area contributed by atoms with Crippen molar-refractivity contribution in [2.45, 2.75) is 17.5 Å². The summed E-state index contributed by atoms with van der Waals surface area (Å²) < 4.78 is 61.7. The lowest BCUT2D eigenvalue weighted by atomic mass is 10.1. The van der Waals surface area contributed by atoms with E-state index in [0.717, 1.165) is 28.6 Å². The van der Waals surface area contributed by atoms with Crippen LogP contribution < -0.4 is 10.0 Å². The topological polar surface area (TPSA) is 91.1 Å². The normalized spacial score (nSPS) is 12.2. The predicted molar refractivity (Wildman–Crippen MR) is 98.3 cm³/mol. The number of hydrogen-bond acceptors (Lipinski definition) is 3. The molecule has 0 bridgehead atoms. The molecule has 1 heterocycles. The van der Waals surface area contributed by atoms with Crippen molar-refractivity contribution in [1.29, 1.82) is 0 Å². The number of aromatic amines is 1. The van der Waals surface area contributed by atoms with E-state index in [1.807, 2.05) is 24.3 Å². The maximum atomic E-state index is 12.2. The number of amides is 1. The monoisotopic (exact) mass is 411 g/mol. The number of fused-ring (bicyclic) bond motifs is 1. The number of para-hydroxylation sites is 1. The SMILES string of the molecule is O=C(Cc1c[nH]c2ccccc12)Nc1ccc(S(=O)(=O)NCC(F)(F)F)cc1. The van der Waals surface area contributed by atoms with Crippen LogP contribution in [0.25, 0.3) is 10.9 Å². The van der Waals surface area contributed by atoms with Crippen molar-refractivity contribution in [3.63, 3.8) is 0 Å². The van der Waals surface area contributed by atoms with Crippen LogP contribution in [0.3, 0.4) is 0 Å². The van der Waals surface area contributed by atoms with E-state index in [-0.39, 0.29) is 17.2 Å². The van der Waals surface area contributed by atoms with Crippen molar-refractivity contribution in [2.24, 2.45) is 0 Å². The Kier molecular flexibility index (Phi) is 5.43. The number of halogens is 3. The molecule has 148 valence electrons. The number of aromatic nitrogens is 1. The van der Waals surface area contributed by atoms with Crippen LogP contribution in [-0.4, -0.2) is 32.0 Å². The minimum absolute atomic E-state index is 0.108. The van der Waals surface area contributed by atoms with Crippen molar-refractivity contribution < 1.29 is 26.4 Å². The van der Waals surface area contributed by atoms with E-state index < -0.39 is 22.7 Å². The second-order valence-corrected chi connectivity index (χ2v) is 7.82. The van der Waals surface area contributed by atoms with Crippen LogP contribution in [0, 0.1) is 0 Å². The van der Waals surface area contributed by atoms with Crippen LogP contribution in [-0.2, 0) is 21.2 Å². The molecule has 0 aliphatic heterocycles. The fraction of sp³-hybridized carbons (Fsp3) is 0.167. The number of rotatable bonds is 6. The highest BCUT2D eigenvalue weighted by atomic mass is 32.2. The van der Waals surface area contributed by atoms with Gasteiger partial charge in [-0.15, -0.1) is 0 Å². The van der Waals surface area contributed by atoms with Gasteiger partial charge in [0, 0.05) is 22.8 Å². The molecule has 2 aromatic carbocycles. The Morgan fingerprint density at radius 2 is 1.71 bits per heavy atom. The second-order valence-electron chi connectivity index (χ2n) is 6.05. The van der Waals surface area contributed by atoms with Gasteiger partial charge in [0.2, 0.25) is 15.9 Å². The van der Waals surface area contributed by atoms with Crippen molar-refractivity contribution in [1.82, 2.24) is 9.71 Å². The summed E-state index contributed by atoms with van der Waals surface area (Å²) in [6.07, 6.45) is -2.80. The van der Waals surface area contributed by atoms with E-state index in [1.165, 1.54) is 16.9 Å². The smallest absolute Gasteiger partial charge is 0.361 e. The molecule has 0 aliphatic rings. The van der Waals surface area contributed by atoms with Gasteiger partial charge in [0.05, 0.1) is 11.3 Å². The molecule has 6 nitrogen and oxygen atoms in total. The van der Waals surface area contributed by atoms with Crippen LogP contribution in [0.4, 0.5) is 18.9 Å². The summed E-state index contributed by atoms with van der Waals surface area (Å²) in [5, 5.41) is 3.56. The molecule has 0 radical (unpaired) electrons. The number of alkyl halides is 3. The highest BCUT2D eigenvalue weighted by molar-refractivity contribution is 7.89. The summed E-state index contributed by atoms with van der Waals surface area (Å²) in [6, 6.07) is 12.4. The first-order valence-electron chi connectivity index (χ1n) is 8.15. The molecule has 0 fully saturated rings. The zero-order valence-corrected chi connectivity index (χ0v) is 15.2. The Morgan fingerprint density at radius 3 is 2.39 bits per heavy atom. The molecule has 1 amide bonds. The van der Waals surface area contributed by atoms with E-state index in [9.17, 15) is 26.4 Å². The number of anilines is 1. The number of sulfonamides is 1. The van der Waals surface area contributed by atoms with Gasteiger partial charge in [0.1, 0.15) is 6.54 Å². The Hall–Kier alpha value is -2.85. The van der Waals surface area contributed by atoms with Crippen LogP contribution >= 0.6 is 0 Å². The average Bonchev–Trinajstić information content (AvgIpc) is 3.03. The van der Waals surface area contributed by atoms with Crippen molar-refractivity contribution in [2.75, 3.05) is 11.9 Å². The Labute approximate surface area is 158 Å². The highest BCUT2D eigenvalue weighted by Gasteiger charge is 2.30. The maximum Gasteiger partial charge on any atom is 0.402 e. The Balaban J connectivity index is 1.64. The van der Waals surface area contributed by atoms with E-state index in [0.29, 0.717) is 5.69 Å². The second kappa shape index (κ2) is 7.64. The number of nitrogens with one attached hydrogen (secondary N) is 3. The summed E-state index contributed by atoms with van der Waals surface area (Å²) in [5.41, 5.74) is 2.05. The van der Waals surface area contributed by atoms with Crippen molar-refractivity contribution in [3.8, 4) is 0 Å². The van der Waals surface area contributed by atoms with Gasteiger partial charge >= 0.3 is 6.18 Å². The highest BCUT2D eigenvalue weighted by Crippen LogP contribution is 2.20. The van der Waals surface area contributed by atoms with Crippen LogP contribution in [0.5, 0.6) is 0 Å². The first-order chi connectivity index (χ1) is 13.1. The quantitative estimate of drug-likeness (QED) is 0.582. The van der Waals surface area contributed by atoms with Crippen molar-refractivity contribution >= 4 is 32.5 Å². The largest absolute Gasteiger partial charge is 0.402 e. The fourth-order valence-corrected chi connectivity index (χ4v) is 3.65. The van der Waals surface area contributed by atoms with E-state index in [4.69, 9.17) is 0 Å². The molecule has 3 aromatic rings. The van der Waals surface area contributed by atoms with E-state index in [1.54, 1.807) is 6.20 Å². The number of H-pyrrole nitrogens is 1. The zero-order chi connectivity index (χ0) is 20.4. The first-order valence-corrected chi connectivity index (χ1v) is 9.64. The average molecular weight is 411 g/mol. The van der Waals surface area contributed by atoms with Crippen LogP contribution in [0.1, 0.15) is 5.56 Å². The third-order valence-electron chi connectivity index (χ3n) is 3.94. The van der Waals surface area contributed by atoms with Crippen molar-refractivity contribution in [3.05, 3.63) is 60.3 Å². The summed E-state index contributed by atoms with van der Waals surface area (Å²) >= 11 is 0. The molecule has 28 heavy (non-hydrogen) atoms. The van der Waals surface area contributed by atoms with Crippen LogP contribution in [0.2, 0.25) is 0 Å². The summed E-state index contributed by atoms with van der Waals surface area (Å²) in [4.78, 5) is 15.0. The standard InChI is InChI=1S/C18H16F3N3O3S/c19-18(20,21)11-23-28(26,27)14-7-5-13(6-8-14)24-17(25)9-12-10-22-16-4-2-1-3-15(12)16/h1-8,10,22-23H,9,11H2,(H,24,25). The molecule has 0 aliphatic carbocycles. The van der Waals surface area contributed by atoms with Crippen LogP contribution in [0.15, 0.2) is 59.6 Å². The van der Waals surface area contributed by atoms with E-state index in [2.05, 4.69) is 10.3 Å². The Bertz CT molecular complexity index is 1090. The molecule has 3 rings (SSSR count). The number of carbonyl (C=O) groups is 1. The molecular weight excluding hydrogens is 395 g/mol. The first kappa shape index (κ1) is 19.9. The lowest BCUT2D eigenvalue weighted by molar-refractivity contribution is -0.121. The van der Waals surface area contributed by atoms with Gasteiger partial charge in [0.25, 0.3) is 0 Å². The minimum atomic E-state index is -4.65. The van der Waals surface area contributed by atoms with Gasteiger partial charge in [-0.05, 0) is 35.9 Å².